The first-order valence-corrected chi connectivity index (χ1v) is 7.46. The molecule has 2 aromatic heterocycles. The molecule has 0 amide bonds. The van der Waals surface area contributed by atoms with Gasteiger partial charge >= 0.3 is 0 Å². The Kier molecular flexibility index (Phi) is 2.79. The Morgan fingerprint density at radius 1 is 1.00 bits per heavy atom. The van der Waals surface area contributed by atoms with Crippen LogP contribution in [0.25, 0.3) is 16.9 Å². The van der Waals surface area contributed by atoms with Gasteiger partial charge in [0.15, 0.2) is 0 Å². The average Bonchev–Trinajstić information content (AvgIpc) is 2.92. The maximum atomic E-state index is 4.71. The number of fused-ring (bicyclic) bond motifs is 3. The molecular formula is C18H18N4. The van der Waals surface area contributed by atoms with Crippen LogP contribution >= 0.6 is 0 Å². The van der Waals surface area contributed by atoms with E-state index in [1.807, 2.05) is 17.8 Å². The number of anilines is 1. The van der Waals surface area contributed by atoms with Crippen LogP contribution in [0.5, 0.6) is 0 Å². The molecule has 4 heteroatoms. The maximum Gasteiger partial charge on any atom is 0.138 e. The Bertz CT molecular complexity index is 846. The molecule has 0 aliphatic carbocycles. The molecular weight excluding hydrogens is 272 g/mol. The molecule has 0 saturated heterocycles. The van der Waals surface area contributed by atoms with Crippen molar-refractivity contribution < 1.29 is 0 Å². The summed E-state index contributed by atoms with van der Waals surface area (Å²) in [7, 11) is 2.08. The number of rotatable bonds is 1. The average molecular weight is 290 g/mol. The van der Waals surface area contributed by atoms with Crippen LogP contribution < -0.4 is 4.90 Å². The van der Waals surface area contributed by atoms with Crippen molar-refractivity contribution >= 4 is 5.82 Å². The number of aryl methyl sites for hydroxylation is 2. The maximum absolute atomic E-state index is 4.71. The van der Waals surface area contributed by atoms with Crippen LogP contribution in [0.4, 0.5) is 5.82 Å². The predicted octanol–water partition coefficient (Wildman–Crippen LogP) is 3.50. The molecule has 1 aliphatic rings. The van der Waals surface area contributed by atoms with E-state index in [0.717, 1.165) is 35.0 Å². The highest BCUT2D eigenvalue weighted by molar-refractivity contribution is 5.80. The number of nitrogens with zero attached hydrogens (tertiary/aromatic N) is 4. The van der Waals surface area contributed by atoms with Gasteiger partial charge in [0.25, 0.3) is 0 Å². The number of aromatic nitrogens is 3. The molecule has 0 spiro atoms. The Morgan fingerprint density at radius 3 is 2.55 bits per heavy atom. The number of pyridine rings is 1. The second-order valence-corrected chi connectivity index (χ2v) is 5.95. The molecule has 0 fully saturated rings. The van der Waals surface area contributed by atoms with E-state index in [1.165, 1.54) is 11.1 Å². The molecule has 0 atom stereocenters. The van der Waals surface area contributed by atoms with Crippen molar-refractivity contribution in [2.24, 2.45) is 0 Å². The molecule has 0 radical (unpaired) electrons. The van der Waals surface area contributed by atoms with Crippen molar-refractivity contribution in [1.29, 1.82) is 0 Å². The second-order valence-electron chi connectivity index (χ2n) is 5.95. The molecule has 3 aromatic rings. The van der Waals surface area contributed by atoms with E-state index in [9.17, 15) is 0 Å². The van der Waals surface area contributed by atoms with Crippen LogP contribution in [0.15, 0.2) is 42.6 Å². The van der Waals surface area contributed by atoms with E-state index in [2.05, 4.69) is 60.4 Å². The fraction of sp³-hybridized carbons (Fsp3) is 0.222. The van der Waals surface area contributed by atoms with Crippen LogP contribution in [0.3, 0.4) is 0 Å². The van der Waals surface area contributed by atoms with Crippen LogP contribution in [0.2, 0.25) is 0 Å². The summed E-state index contributed by atoms with van der Waals surface area (Å²) in [5, 5.41) is 4.62. The van der Waals surface area contributed by atoms with Crippen molar-refractivity contribution in [2.75, 3.05) is 11.9 Å². The Labute approximate surface area is 130 Å². The third-order valence-electron chi connectivity index (χ3n) is 4.16. The predicted molar refractivity (Wildman–Crippen MR) is 88.4 cm³/mol. The molecule has 4 nitrogen and oxygen atoms in total. The van der Waals surface area contributed by atoms with Gasteiger partial charge in [-0.25, -0.2) is 9.67 Å². The summed E-state index contributed by atoms with van der Waals surface area (Å²) in [5.74, 6) is 1.03. The minimum Gasteiger partial charge on any atom is -0.355 e. The molecule has 1 aromatic carbocycles. The zero-order valence-electron chi connectivity index (χ0n) is 13.0. The first-order valence-electron chi connectivity index (χ1n) is 7.46. The van der Waals surface area contributed by atoms with Crippen LogP contribution in [0, 0.1) is 13.8 Å². The standard InChI is InChI=1S/C18H18N4/c1-12-4-7-15(8-5-12)22-17-14(10-19-22)11-21(3)18-16(17)9-6-13(2)20-18/h4-10H,11H2,1-3H3. The van der Waals surface area contributed by atoms with Gasteiger partial charge in [-0.1, -0.05) is 17.7 Å². The molecule has 22 heavy (non-hydrogen) atoms. The third-order valence-corrected chi connectivity index (χ3v) is 4.16. The van der Waals surface area contributed by atoms with Crippen molar-refractivity contribution in [1.82, 2.24) is 14.8 Å². The Balaban J connectivity index is 1.94. The summed E-state index contributed by atoms with van der Waals surface area (Å²) in [6, 6.07) is 12.7. The van der Waals surface area contributed by atoms with Gasteiger partial charge in [-0.2, -0.15) is 5.10 Å². The molecule has 1 aliphatic heterocycles. The van der Waals surface area contributed by atoms with E-state index >= 15 is 0 Å². The molecule has 0 bridgehead atoms. The lowest BCUT2D eigenvalue weighted by Crippen LogP contribution is -2.23. The molecule has 0 unspecified atom stereocenters. The Hall–Kier alpha value is -2.62. The van der Waals surface area contributed by atoms with Gasteiger partial charge < -0.3 is 4.90 Å². The number of benzene rings is 1. The summed E-state index contributed by atoms with van der Waals surface area (Å²) < 4.78 is 2.03. The van der Waals surface area contributed by atoms with E-state index in [-0.39, 0.29) is 0 Å². The minimum atomic E-state index is 0.838. The van der Waals surface area contributed by atoms with Gasteiger partial charge in [-0.15, -0.1) is 0 Å². The van der Waals surface area contributed by atoms with Gasteiger partial charge in [-0.05, 0) is 38.1 Å². The molecule has 0 N–H and O–H groups in total. The van der Waals surface area contributed by atoms with Gasteiger partial charge in [0, 0.05) is 30.4 Å². The van der Waals surface area contributed by atoms with Crippen LogP contribution in [-0.2, 0) is 6.54 Å². The van der Waals surface area contributed by atoms with Gasteiger partial charge in [0.2, 0.25) is 0 Å². The van der Waals surface area contributed by atoms with Crippen molar-refractivity contribution in [3.63, 3.8) is 0 Å². The minimum absolute atomic E-state index is 0.838. The summed E-state index contributed by atoms with van der Waals surface area (Å²) in [4.78, 5) is 6.89. The van der Waals surface area contributed by atoms with E-state index in [1.54, 1.807) is 0 Å². The van der Waals surface area contributed by atoms with Gasteiger partial charge in [0.1, 0.15) is 5.82 Å². The quantitative estimate of drug-likeness (QED) is 0.688. The molecule has 4 rings (SSSR count). The van der Waals surface area contributed by atoms with Gasteiger partial charge in [-0.3, -0.25) is 0 Å². The number of hydrogen-bond acceptors (Lipinski definition) is 3. The summed E-state index contributed by atoms with van der Waals surface area (Å²) >= 11 is 0. The van der Waals surface area contributed by atoms with Crippen molar-refractivity contribution in [3.05, 3.63) is 59.4 Å². The lowest BCUT2D eigenvalue weighted by atomic mass is 10.0. The zero-order valence-corrected chi connectivity index (χ0v) is 13.0. The molecule has 110 valence electrons. The SMILES string of the molecule is Cc1ccc(-n2ncc3c2-c2ccc(C)nc2N(C)C3)cc1. The van der Waals surface area contributed by atoms with Gasteiger partial charge in [0.05, 0.1) is 17.6 Å². The summed E-state index contributed by atoms with van der Waals surface area (Å²) in [6.07, 6.45) is 1.97. The van der Waals surface area contributed by atoms with Crippen LogP contribution in [0.1, 0.15) is 16.8 Å². The first-order chi connectivity index (χ1) is 10.6. The number of hydrogen-bond donors (Lipinski definition) is 0. The van der Waals surface area contributed by atoms with Crippen molar-refractivity contribution in [2.45, 2.75) is 20.4 Å². The fourth-order valence-corrected chi connectivity index (χ4v) is 3.02. The van der Waals surface area contributed by atoms with E-state index in [4.69, 9.17) is 4.98 Å². The van der Waals surface area contributed by atoms with E-state index in [0.29, 0.717) is 0 Å². The highest BCUT2D eigenvalue weighted by Gasteiger charge is 2.25. The normalized spacial score (nSPS) is 13.0. The highest BCUT2D eigenvalue weighted by Crippen LogP contribution is 2.38. The largest absolute Gasteiger partial charge is 0.355 e. The second kappa shape index (κ2) is 4.70. The monoisotopic (exact) mass is 290 g/mol. The third kappa shape index (κ3) is 1.91. The topological polar surface area (TPSA) is 34.0 Å². The highest BCUT2D eigenvalue weighted by atomic mass is 15.3. The first kappa shape index (κ1) is 13.1. The zero-order chi connectivity index (χ0) is 15.3. The molecule has 0 saturated carbocycles. The lowest BCUT2D eigenvalue weighted by molar-refractivity contribution is 0.858. The Morgan fingerprint density at radius 2 is 1.77 bits per heavy atom. The summed E-state index contributed by atoms with van der Waals surface area (Å²) in [5.41, 5.74) is 6.92. The smallest absolute Gasteiger partial charge is 0.138 e. The summed E-state index contributed by atoms with van der Waals surface area (Å²) in [6.45, 7) is 4.96. The van der Waals surface area contributed by atoms with E-state index < -0.39 is 0 Å². The van der Waals surface area contributed by atoms with Crippen molar-refractivity contribution in [3.8, 4) is 16.9 Å². The fourth-order valence-electron chi connectivity index (χ4n) is 3.02. The van der Waals surface area contributed by atoms with Crippen LogP contribution in [-0.4, -0.2) is 21.8 Å². The molecule has 3 heterocycles. The lowest BCUT2D eigenvalue weighted by Gasteiger charge is -2.27.